The molecule has 0 spiro atoms. The smallest absolute Gasteiger partial charge is 0.363 e. The molecule has 25 heavy (non-hydrogen) atoms. The van der Waals surface area contributed by atoms with Crippen LogP contribution in [0, 0.1) is 0 Å². The number of esters is 1. The van der Waals surface area contributed by atoms with Crippen LogP contribution in [0.1, 0.15) is 11.3 Å². The van der Waals surface area contributed by atoms with Crippen LogP contribution in [-0.4, -0.2) is 11.9 Å². The lowest BCUT2D eigenvalue weighted by atomic mass is 10.0. The number of carbonyl (C=O) groups excluding carboxylic acids is 1. The van der Waals surface area contributed by atoms with Crippen molar-refractivity contribution in [1.82, 2.24) is 0 Å². The van der Waals surface area contributed by atoms with Crippen LogP contribution in [0.15, 0.2) is 86.5 Å². The lowest BCUT2D eigenvalue weighted by Gasteiger charge is -2.01. The summed E-state index contributed by atoms with van der Waals surface area (Å²) in [6.45, 7) is 0. The second-order valence-electron chi connectivity index (χ2n) is 5.43. The third-order valence-electron chi connectivity index (χ3n) is 3.73. The summed E-state index contributed by atoms with van der Waals surface area (Å²) in [7, 11) is 0. The van der Waals surface area contributed by atoms with Crippen LogP contribution in [0.2, 0.25) is 0 Å². The van der Waals surface area contributed by atoms with Crippen LogP contribution >= 0.6 is 15.9 Å². The van der Waals surface area contributed by atoms with Crippen molar-refractivity contribution in [2.45, 2.75) is 0 Å². The minimum Gasteiger partial charge on any atom is -0.444 e. The van der Waals surface area contributed by atoms with E-state index in [1.54, 1.807) is 18.2 Å². The standard InChI is InChI=1S/C20H12BrNO3/c21-18-11-10-17(24-18)19-22-16(20(23)25-19)12-13-6-8-15(9-7-13)14-4-2-1-3-5-14/h1-12H. The fourth-order valence-electron chi connectivity index (χ4n) is 2.50. The van der Waals surface area contributed by atoms with E-state index in [-0.39, 0.29) is 11.6 Å². The van der Waals surface area contributed by atoms with E-state index in [2.05, 4.69) is 33.1 Å². The maximum atomic E-state index is 12.0. The molecule has 1 aliphatic rings. The third-order valence-corrected chi connectivity index (χ3v) is 4.15. The van der Waals surface area contributed by atoms with Gasteiger partial charge >= 0.3 is 5.97 Å². The summed E-state index contributed by atoms with van der Waals surface area (Å²) in [6, 6.07) is 21.4. The summed E-state index contributed by atoms with van der Waals surface area (Å²) in [5, 5.41) is 0. The van der Waals surface area contributed by atoms with Gasteiger partial charge in [0.15, 0.2) is 16.1 Å². The summed E-state index contributed by atoms with van der Waals surface area (Å²) in [4.78, 5) is 16.2. The number of hydrogen-bond donors (Lipinski definition) is 0. The lowest BCUT2D eigenvalue weighted by molar-refractivity contribution is -0.130. The van der Waals surface area contributed by atoms with Gasteiger partial charge in [0, 0.05) is 0 Å². The van der Waals surface area contributed by atoms with Gasteiger partial charge in [-0.3, -0.25) is 0 Å². The van der Waals surface area contributed by atoms with Gasteiger partial charge in [0.2, 0.25) is 0 Å². The van der Waals surface area contributed by atoms with E-state index in [0.717, 1.165) is 16.7 Å². The monoisotopic (exact) mass is 393 g/mol. The number of halogens is 1. The quantitative estimate of drug-likeness (QED) is 0.461. The largest absolute Gasteiger partial charge is 0.444 e. The fraction of sp³-hybridized carbons (Fsp3) is 0. The van der Waals surface area contributed by atoms with Crippen LogP contribution in [0.25, 0.3) is 17.2 Å². The Morgan fingerprint density at radius 2 is 1.60 bits per heavy atom. The number of ether oxygens (including phenoxy) is 1. The predicted molar refractivity (Wildman–Crippen MR) is 98.9 cm³/mol. The van der Waals surface area contributed by atoms with Gasteiger partial charge in [-0.05, 0) is 50.8 Å². The summed E-state index contributed by atoms with van der Waals surface area (Å²) in [6.07, 6.45) is 1.70. The molecule has 122 valence electrons. The molecule has 0 unspecified atom stereocenters. The number of hydrogen-bond acceptors (Lipinski definition) is 4. The number of carbonyl (C=O) groups is 1. The Kier molecular flexibility index (Phi) is 4.07. The molecule has 1 aromatic heterocycles. The van der Waals surface area contributed by atoms with E-state index in [4.69, 9.17) is 9.15 Å². The van der Waals surface area contributed by atoms with Crippen molar-refractivity contribution < 1.29 is 13.9 Å². The molecule has 2 aromatic carbocycles. The van der Waals surface area contributed by atoms with Crippen molar-refractivity contribution in [2.24, 2.45) is 4.99 Å². The molecule has 4 rings (SSSR count). The van der Waals surface area contributed by atoms with Crippen molar-refractivity contribution in [3.8, 4) is 11.1 Å². The molecular weight excluding hydrogens is 382 g/mol. The number of nitrogens with zero attached hydrogens (tertiary/aromatic N) is 1. The molecule has 0 saturated heterocycles. The number of furan rings is 1. The van der Waals surface area contributed by atoms with Crippen molar-refractivity contribution >= 4 is 33.9 Å². The summed E-state index contributed by atoms with van der Waals surface area (Å²) >= 11 is 3.21. The SMILES string of the molecule is O=C1OC(c2ccc(Br)o2)=NC1=Cc1ccc(-c2ccccc2)cc1. The first kappa shape index (κ1) is 15.6. The molecule has 4 nitrogen and oxygen atoms in total. The highest BCUT2D eigenvalue weighted by Gasteiger charge is 2.26. The van der Waals surface area contributed by atoms with Crippen LogP contribution < -0.4 is 0 Å². The highest BCUT2D eigenvalue weighted by atomic mass is 79.9. The summed E-state index contributed by atoms with van der Waals surface area (Å²) < 4.78 is 11.1. The Morgan fingerprint density at radius 1 is 0.880 bits per heavy atom. The highest BCUT2D eigenvalue weighted by Crippen LogP contribution is 2.24. The minimum absolute atomic E-state index is 0.169. The number of aliphatic imine (C=N–C) groups is 1. The van der Waals surface area contributed by atoms with Gasteiger partial charge < -0.3 is 9.15 Å². The van der Waals surface area contributed by atoms with E-state index in [1.165, 1.54) is 0 Å². The Bertz CT molecular complexity index is 985. The van der Waals surface area contributed by atoms with Crippen LogP contribution in [-0.2, 0) is 9.53 Å². The minimum atomic E-state index is -0.491. The maximum absolute atomic E-state index is 12.0. The van der Waals surface area contributed by atoms with Crippen LogP contribution in [0.3, 0.4) is 0 Å². The fourth-order valence-corrected chi connectivity index (χ4v) is 2.81. The van der Waals surface area contributed by atoms with Gasteiger partial charge in [0.1, 0.15) is 0 Å². The average Bonchev–Trinajstić information content (AvgIpc) is 3.23. The molecule has 0 radical (unpaired) electrons. The second-order valence-corrected chi connectivity index (χ2v) is 6.21. The van der Waals surface area contributed by atoms with Crippen molar-refractivity contribution in [1.29, 1.82) is 0 Å². The molecule has 1 aliphatic heterocycles. The van der Waals surface area contributed by atoms with Gasteiger partial charge in [0.25, 0.3) is 5.90 Å². The lowest BCUT2D eigenvalue weighted by Crippen LogP contribution is -2.04. The molecule has 0 saturated carbocycles. The van der Waals surface area contributed by atoms with Gasteiger partial charge in [-0.15, -0.1) is 0 Å². The Balaban J connectivity index is 1.60. The van der Waals surface area contributed by atoms with E-state index in [9.17, 15) is 4.79 Å². The first-order chi connectivity index (χ1) is 12.2. The first-order valence-corrected chi connectivity index (χ1v) is 8.42. The Labute approximate surface area is 152 Å². The zero-order valence-electron chi connectivity index (χ0n) is 13.0. The topological polar surface area (TPSA) is 51.8 Å². The summed E-state index contributed by atoms with van der Waals surface area (Å²) in [5.74, 6) is 0.0839. The van der Waals surface area contributed by atoms with Crippen molar-refractivity contribution in [3.63, 3.8) is 0 Å². The number of cyclic esters (lactones) is 1. The number of benzene rings is 2. The normalized spacial score (nSPS) is 15.3. The molecule has 3 aromatic rings. The maximum Gasteiger partial charge on any atom is 0.363 e. The van der Waals surface area contributed by atoms with Crippen LogP contribution in [0.4, 0.5) is 0 Å². The van der Waals surface area contributed by atoms with E-state index in [1.807, 2.05) is 42.5 Å². The first-order valence-electron chi connectivity index (χ1n) is 7.63. The average molecular weight is 394 g/mol. The van der Waals surface area contributed by atoms with Gasteiger partial charge in [0.05, 0.1) is 0 Å². The van der Waals surface area contributed by atoms with Gasteiger partial charge in [-0.1, -0.05) is 54.6 Å². The van der Waals surface area contributed by atoms with Gasteiger partial charge in [-0.2, -0.15) is 0 Å². The molecule has 5 heteroatoms. The number of rotatable bonds is 3. The summed E-state index contributed by atoms with van der Waals surface area (Å²) in [5.41, 5.74) is 3.37. The molecule has 0 aliphatic carbocycles. The molecule has 0 bridgehead atoms. The second kappa shape index (κ2) is 6.53. The molecule has 0 amide bonds. The van der Waals surface area contributed by atoms with E-state index in [0.29, 0.717) is 10.4 Å². The Morgan fingerprint density at radius 3 is 2.28 bits per heavy atom. The zero-order valence-corrected chi connectivity index (χ0v) is 14.6. The van der Waals surface area contributed by atoms with Crippen molar-refractivity contribution in [3.05, 3.63) is 88.4 Å². The van der Waals surface area contributed by atoms with E-state index >= 15 is 0 Å². The molecular formula is C20H12BrNO3. The highest BCUT2D eigenvalue weighted by molar-refractivity contribution is 9.10. The molecule has 0 fully saturated rings. The predicted octanol–water partition coefficient (Wildman–Crippen LogP) is 5.05. The Hall–Kier alpha value is -2.92. The van der Waals surface area contributed by atoms with Crippen molar-refractivity contribution in [2.75, 3.05) is 0 Å². The third kappa shape index (κ3) is 3.32. The molecule has 2 heterocycles. The molecule has 0 atom stereocenters. The van der Waals surface area contributed by atoms with Gasteiger partial charge in [-0.25, -0.2) is 9.79 Å². The molecule has 0 N–H and O–H groups in total. The van der Waals surface area contributed by atoms with Crippen LogP contribution in [0.5, 0.6) is 0 Å². The zero-order chi connectivity index (χ0) is 17.2. The van der Waals surface area contributed by atoms with E-state index < -0.39 is 5.97 Å².